The van der Waals surface area contributed by atoms with Crippen molar-refractivity contribution >= 4 is 10.9 Å². The first kappa shape index (κ1) is 8.26. The van der Waals surface area contributed by atoms with Crippen molar-refractivity contribution in [3.63, 3.8) is 0 Å². The Morgan fingerprint density at radius 2 is 2.23 bits per heavy atom. The van der Waals surface area contributed by atoms with Gasteiger partial charge in [-0.25, -0.2) is 4.39 Å². The standard InChI is InChI=1S/C10H10FNO/c1-13-7-12-6-5-8-9(11)3-2-4-10(8)12/h2-6H,7H2,1H3. The van der Waals surface area contributed by atoms with Crippen LogP contribution in [0.5, 0.6) is 0 Å². The molecule has 2 rings (SSSR count). The summed E-state index contributed by atoms with van der Waals surface area (Å²) < 4.78 is 20.0. The molecular formula is C10H10FNO. The fourth-order valence-electron chi connectivity index (χ4n) is 1.44. The Hall–Kier alpha value is -1.35. The monoisotopic (exact) mass is 179 g/mol. The summed E-state index contributed by atoms with van der Waals surface area (Å²) in [6.45, 7) is 0.451. The van der Waals surface area contributed by atoms with Gasteiger partial charge in [-0.15, -0.1) is 0 Å². The molecule has 0 atom stereocenters. The van der Waals surface area contributed by atoms with E-state index in [1.54, 1.807) is 19.2 Å². The molecule has 1 heterocycles. The van der Waals surface area contributed by atoms with E-state index in [1.165, 1.54) is 6.07 Å². The van der Waals surface area contributed by atoms with Crippen LogP contribution in [0.3, 0.4) is 0 Å². The zero-order valence-electron chi connectivity index (χ0n) is 7.33. The highest BCUT2D eigenvalue weighted by Crippen LogP contribution is 2.18. The van der Waals surface area contributed by atoms with E-state index in [4.69, 9.17) is 4.74 Å². The predicted octanol–water partition coefficient (Wildman–Crippen LogP) is 2.38. The smallest absolute Gasteiger partial charge is 0.132 e. The van der Waals surface area contributed by atoms with Gasteiger partial charge in [-0.1, -0.05) is 6.07 Å². The van der Waals surface area contributed by atoms with Crippen molar-refractivity contribution in [2.75, 3.05) is 7.11 Å². The highest BCUT2D eigenvalue weighted by Gasteiger charge is 2.03. The number of benzene rings is 1. The summed E-state index contributed by atoms with van der Waals surface area (Å²) in [5, 5.41) is 0.638. The average molecular weight is 179 g/mol. The lowest BCUT2D eigenvalue weighted by atomic mass is 10.2. The normalized spacial score (nSPS) is 10.9. The van der Waals surface area contributed by atoms with E-state index >= 15 is 0 Å². The van der Waals surface area contributed by atoms with Crippen LogP contribution in [0.4, 0.5) is 4.39 Å². The van der Waals surface area contributed by atoms with Crippen molar-refractivity contribution < 1.29 is 9.13 Å². The van der Waals surface area contributed by atoms with E-state index in [0.717, 1.165) is 5.52 Å². The van der Waals surface area contributed by atoms with E-state index in [1.807, 2.05) is 16.8 Å². The van der Waals surface area contributed by atoms with Gasteiger partial charge in [-0.3, -0.25) is 0 Å². The van der Waals surface area contributed by atoms with E-state index in [-0.39, 0.29) is 5.82 Å². The van der Waals surface area contributed by atoms with E-state index in [9.17, 15) is 4.39 Å². The van der Waals surface area contributed by atoms with Crippen LogP contribution in [0.15, 0.2) is 30.5 Å². The first-order valence-corrected chi connectivity index (χ1v) is 4.05. The van der Waals surface area contributed by atoms with Crippen LogP contribution in [0.25, 0.3) is 10.9 Å². The zero-order valence-corrected chi connectivity index (χ0v) is 7.33. The Bertz CT molecular complexity index is 422. The number of fused-ring (bicyclic) bond motifs is 1. The third kappa shape index (κ3) is 1.31. The van der Waals surface area contributed by atoms with Gasteiger partial charge >= 0.3 is 0 Å². The molecule has 2 aromatic rings. The van der Waals surface area contributed by atoms with Crippen LogP contribution < -0.4 is 0 Å². The molecule has 0 spiro atoms. The average Bonchev–Trinajstić information content (AvgIpc) is 2.51. The summed E-state index contributed by atoms with van der Waals surface area (Å²) in [6.07, 6.45) is 1.82. The topological polar surface area (TPSA) is 14.2 Å². The molecule has 1 aromatic carbocycles. The van der Waals surface area contributed by atoms with Gasteiger partial charge in [-0.2, -0.15) is 0 Å². The summed E-state index contributed by atoms with van der Waals surface area (Å²) >= 11 is 0. The zero-order chi connectivity index (χ0) is 9.26. The maximum atomic E-state index is 13.2. The summed E-state index contributed by atoms with van der Waals surface area (Å²) in [4.78, 5) is 0. The molecular weight excluding hydrogens is 169 g/mol. The Morgan fingerprint density at radius 1 is 1.38 bits per heavy atom. The van der Waals surface area contributed by atoms with Crippen molar-refractivity contribution in [1.82, 2.24) is 4.57 Å². The first-order chi connectivity index (χ1) is 6.33. The number of halogens is 1. The van der Waals surface area contributed by atoms with Crippen molar-refractivity contribution in [2.45, 2.75) is 6.73 Å². The number of ether oxygens (including phenoxy) is 1. The van der Waals surface area contributed by atoms with Gasteiger partial charge in [-0.05, 0) is 18.2 Å². The highest BCUT2D eigenvalue weighted by atomic mass is 19.1. The molecule has 0 saturated carbocycles. The third-order valence-electron chi connectivity index (χ3n) is 2.03. The largest absolute Gasteiger partial charge is 0.364 e. The Balaban J connectivity index is 2.61. The molecule has 0 bridgehead atoms. The fourth-order valence-corrected chi connectivity index (χ4v) is 1.44. The van der Waals surface area contributed by atoms with Crippen LogP contribution in [-0.4, -0.2) is 11.7 Å². The molecule has 68 valence electrons. The second kappa shape index (κ2) is 3.18. The van der Waals surface area contributed by atoms with Gasteiger partial charge in [0.15, 0.2) is 0 Å². The van der Waals surface area contributed by atoms with Gasteiger partial charge in [0.25, 0.3) is 0 Å². The maximum Gasteiger partial charge on any atom is 0.132 e. The molecule has 3 heteroatoms. The molecule has 0 aliphatic rings. The molecule has 0 aliphatic heterocycles. The van der Waals surface area contributed by atoms with Crippen LogP contribution in [-0.2, 0) is 11.5 Å². The minimum Gasteiger partial charge on any atom is -0.364 e. The number of hydrogen-bond donors (Lipinski definition) is 0. The SMILES string of the molecule is COCn1ccc2c(F)cccc21. The summed E-state index contributed by atoms with van der Waals surface area (Å²) in [5.41, 5.74) is 0.863. The van der Waals surface area contributed by atoms with Gasteiger partial charge in [0.2, 0.25) is 0 Å². The molecule has 1 aromatic heterocycles. The van der Waals surface area contributed by atoms with Gasteiger partial charge in [0.05, 0.1) is 5.52 Å². The lowest BCUT2D eigenvalue weighted by Gasteiger charge is -2.02. The molecule has 0 fully saturated rings. The molecule has 0 amide bonds. The van der Waals surface area contributed by atoms with E-state index in [0.29, 0.717) is 12.1 Å². The van der Waals surface area contributed by atoms with E-state index in [2.05, 4.69) is 0 Å². The number of rotatable bonds is 2. The summed E-state index contributed by atoms with van der Waals surface area (Å²) in [6, 6.07) is 6.78. The Morgan fingerprint density at radius 3 is 3.00 bits per heavy atom. The second-order valence-corrected chi connectivity index (χ2v) is 2.88. The van der Waals surface area contributed by atoms with Gasteiger partial charge in [0.1, 0.15) is 12.5 Å². The van der Waals surface area contributed by atoms with Crippen LogP contribution in [0, 0.1) is 5.82 Å². The third-order valence-corrected chi connectivity index (χ3v) is 2.03. The fraction of sp³-hybridized carbons (Fsp3) is 0.200. The van der Waals surface area contributed by atoms with Gasteiger partial charge in [0, 0.05) is 18.7 Å². The van der Waals surface area contributed by atoms with Crippen molar-refractivity contribution in [3.8, 4) is 0 Å². The van der Waals surface area contributed by atoms with Crippen molar-refractivity contribution in [3.05, 3.63) is 36.3 Å². The van der Waals surface area contributed by atoms with Crippen molar-refractivity contribution in [2.24, 2.45) is 0 Å². The number of methoxy groups -OCH3 is 1. The summed E-state index contributed by atoms with van der Waals surface area (Å²) in [7, 11) is 1.62. The molecule has 2 nitrogen and oxygen atoms in total. The molecule has 0 radical (unpaired) electrons. The highest BCUT2D eigenvalue weighted by molar-refractivity contribution is 5.80. The lowest BCUT2D eigenvalue weighted by Crippen LogP contribution is -1.96. The van der Waals surface area contributed by atoms with E-state index < -0.39 is 0 Å². The van der Waals surface area contributed by atoms with Crippen molar-refractivity contribution in [1.29, 1.82) is 0 Å². The lowest BCUT2D eigenvalue weighted by molar-refractivity contribution is 0.135. The minimum atomic E-state index is -0.188. The quantitative estimate of drug-likeness (QED) is 0.690. The molecule has 0 N–H and O–H groups in total. The predicted molar refractivity (Wildman–Crippen MR) is 48.9 cm³/mol. The minimum absolute atomic E-state index is 0.188. The molecule has 0 aliphatic carbocycles. The number of hydrogen-bond acceptors (Lipinski definition) is 1. The van der Waals surface area contributed by atoms with Crippen LogP contribution in [0.2, 0.25) is 0 Å². The van der Waals surface area contributed by atoms with Crippen LogP contribution in [0.1, 0.15) is 0 Å². The number of nitrogens with zero attached hydrogens (tertiary/aromatic N) is 1. The number of aromatic nitrogens is 1. The molecule has 0 saturated heterocycles. The molecule has 0 unspecified atom stereocenters. The van der Waals surface area contributed by atoms with Gasteiger partial charge < -0.3 is 9.30 Å². The molecule has 13 heavy (non-hydrogen) atoms. The Labute approximate surface area is 75.5 Å². The summed E-state index contributed by atoms with van der Waals surface area (Å²) in [5.74, 6) is -0.188. The first-order valence-electron chi connectivity index (χ1n) is 4.05. The Kier molecular flexibility index (Phi) is 2.02. The maximum absolute atomic E-state index is 13.2. The second-order valence-electron chi connectivity index (χ2n) is 2.88. The van der Waals surface area contributed by atoms with Crippen LogP contribution >= 0.6 is 0 Å².